The van der Waals surface area contributed by atoms with Gasteiger partial charge in [-0.15, -0.1) is 0 Å². The molecule has 4 heterocycles. The number of pyridine rings is 2. The molecule has 3 aromatic heterocycles. The molecule has 0 saturated carbocycles. The molecule has 0 N–H and O–H groups in total. The number of anilines is 1. The number of piperazine rings is 1. The van der Waals surface area contributed by atoms with Crippen LogP contribution in [0, 0.1) is 0 Å². The Morgan fingerprint density at radius 1 is 1.03 bits per heavy atom. The van der Waals surface area contributed by atoms with E-state index in [0.717, 1.165) is 43.3 Å². The quantitative estimate of drug-likeness (QED) is 0.552. The molecule has 0 atom stereocenters. The molecule has 3 aromatic rings. The van der Waals surface area contributed by atoms with Crippen LogP contribution in [0.5, 0.6) is 0 Å². The van der Waals surface area contributed by atoms with E-state index in [4.69, 9.17) is 11.6 Å². The third kappa shape index (κ3) is 5.81. The van der Waals surface area contributed by atoms with E-state index in [2.05, 4.69) is 37.3 Å². The number of imidazole rings is 1. The van der Waals surface area contributed by atoms with Gasteiger partial charge in [0.25, 0.3) is 0 Å². The summed E-state index contributed by atoms with van der Waals surface area (Å²) < 4.78 is 2.08. The normalized spacial score (nSPS) is 14.9. The number of carbonyl (C=O) groups is 1. The van der Waals surface area contributed by atoms with E-state index in [1.54, 1.807) is 30.5 Å². The number of aromatic nitrogens is 3. The summed E-state index contributed by atoms with van der Waals surface area (Å²) in [7, 11) is 2.14. The molecule has 0 aromatic carbocycles. The molecule has 0 spiro atoms. The van der Waals surface area contributed by atoms with Gasteiger partial charge in [0, 0.05) is 38.6 Å². The van der Waals surface area contributed by atoms with E-state index in [1.807, 2.05) is 32.2 Å². The Hall–Kier alpha value is -2.96. The lowest BCUT2D eigenvalue weighted by Gasteiger charge is -2.34. The maximum atomic E-state index is 12.2. The van der Waals surface area contributed by atoms with Crippen molar-refractivity contribution in [3.05, 3.63) is 71.3 Å². The maximum absolute atomic E-state index is 12.2. The van der Waals surface area contributed by atoms with Gasteiger partial charge in [0.15, 0.2) is 5.78 Å². The average molecular weight is 438 g/mol. The number of nitrogens with zero attached hydrogens (tertiary/aromatic N) is 5. The van der Waals surface area contributed by atoms with E-state index in [1.165, 1.54) is 12.2 Å². The Balaban J connectivity index is 0.00000132. The molecule has 0 bridgehead atoms. The van der Waals surface area contributed by atoms with E-state index >= 15 is 0 Å². The number of fused-ring (bicyclic) bond motifs is 1. The molecule has 0 amide bonds. The largest absolute Gasteiger partial charge is 0.355 e. The first-order valence-corrected chi connectivity index (χ1v) is 10.9. The predicted octanol–water partition coefficient (Wildman–Crippen LogP) is 4.46. The van der Waals surface area contributed by atoms with Crippen LogP contribution in [-0.2, 0) is 4.79 Å². The Labute approximate surface area is 188 Å². The van der Waals surface area contributed by atoms with Gasteiger partial charge in [-0.05, 0) is 55.6 Å². The third-order valence-corrected chi connectivity index (χ3v) is 5.25. The smallest absolute Gasteiger partial charge is 0.178 e. The zero-order valence-corrected chi connectivity index (χ0v) is 19.0. The van der Waals surface area contributed by atoms with Crippen LogP contribution in [0.3, 0.4) is 0 Å². The molecule has 31 heavy (non-hydrogen) atoms. The fourth-order valence-electron chi connectivity index (χ4n) is 3.29. The Bertz CT molecular complexity index is 1080. The molecular formula is C24H28ClN5O. The highest BCUT2D eigenvalue weighted by Crippen LogP contribution is 2.20. The summed E-state index contributed by atoms with van der Waals surface area (Å²) in [6.45, 7) is 8.05. The fourth-order valence-corrected chi connectivity index (χ4v) is 3.48. The topological polar surface area (TPSA) is 53.7 Å². The van der Waals surface area contributed by atoms with Gasteiger partial charge in [-0.1, -0.05) is 31.5 Å². The Kier molecular flexibility index (Phi) is 7.98. The van der Waals surface area contributed by atoms with Gasteiger partial charge in [0.2, 0.25) is 0 Å². The van der Waals surface area contributed by atoms with Crippen molar-refractivity contribution < 1.29 is 4.79 Å². The number of rotatable bonds is 5. The summed E-state index contributed by atoms with van der Waals surface area (Å²) in [5.41, 5.74) is 2.17. The van der Waals surface area contributed by atoms with Crippen LogP contribution in [0.4, 0.5) is 5.82 Å². The van der Waals surface area contributed by atoms with E-state index in [-0.39, 0.29) is 5.78 Å². The van der Waals surface area contributed by atoms with Gasteiger partial charge in [-0.2, -0.15) is 0 Å². The molecule has 162 valence electrons. The molecule has 1 saturated heterocycles. The van der Waals surface area contributed by atoms with Gasteiger partial charge < -0.3 is 9.80 Å². The van der Waals surface area contributed by atoms with Gasteiger partial charge in [-0.3, -0.25) is 14.2 Å². The first-order valence-electron chi connectivity index (χ1n) is 10.5. The first kappa shape index (κ1) is 22.7. The number of allylic oxidation sites excluding steroid dienone is 2. The van der Waals surface area contributed by atoms with Crippen molar-refractivity contribution in [2.24, 2.45) is 0 Å². The summed E-state index contributed by atoms with van der Waals surface area (Å²) >= 11 is 6.05. The van der Waals surface area contributed by atoms with Crippen LogP contribution in [0.25, 0.3) is 17.8 Å². The molecule has 4 rings (SSSR count). The molecule has 1 aliphatic heterocycles. The molecule has 6 nitrogen and oxygen atoms in total. The molecule has 7 heteroatoms. The highest BCUT2D eigenvalue weighted by molar-refractivity contribution is 6.31. The lowest BCUT2D eigenvalue weighted by Crippen LogP contribution is -2.45. The summed E-state index contributed by atoms with van der Waals surface area (Å²) in [5, 5.41) is 0.511. The SMILES string of the molecule is CC.CN1CCN(c2cccc3nc(/C=C/C(=O)/C=C/c4ncccc4Cl)cn23)CC1. The van der Waals surface area contributed by atoms with Crippen LogP contribution >= 0.6 is 11.6 Å². The zero-order valence-electron chi connectivity index (χ0n) is 18.2. The van der Waals surface area contributed by atoms with Crippen molar-refractivity contribution in [3.8, 4) is 0 Å². The van der Waals surface area contributed by atoms with Crippen LogP contribution in [0.15, 0.2) is 54.9 Å². The van der Waals surface area contributed by atoms with Crippen molar-refractivity contribution in [1.29, 1.82) is 0 Å². The first-order chi connectivity index (χ1) is 15.1. The van der Waals surface area contributed by atoms with Gasteiger partial charge in [0.05, 0.1) is 16.4 Å². The summed E-state index contributed by atoms with van der Waals surface area (Å²) in [6, 6.07) is 9.60. The minimum absolute atomic E-state index is 0.150. The highest BCUT2D eigenvalue weighted by atomic mass is 35.5. The van der Waals surface area contributed by atoms with Crippen molar-refractivity contribution in [2.75, 3.05) is 38.1 Å². The predicted molar refractivity (Wildman–Crippen MR) is 129 cm³/mol. The van der Waals surface area contributed by atoms with Crippen LogP contribution < -0.4 is 4.90 Å². The summed E-state index contributed by atoms with van der Waals surface area (Å²) in [6.07, 6.45) is 9.91. The standard InChI is InChI=1S/C22H22ClN5O.C2H6/c1-26-12-14-27(15-13-26)22-6-2-5-21-25-17(16-28(21)22)7-8-18(29)9-10-20-19(23)4-3-11-24-20;1-2/h2-11,16H,12-15H2,1H3;1-2H3/b8-7+,10-9+;. The molecule has 1 fully saturated rings. The lowest BCUT2D eigenvalue weighted by molar-refractivity contribution is -0.110. The zero-order chi connectivity index (χ0) is 22.2. The number of ketones is 1. The van der Waals surface area contributed by atoms with Crippen LogP contribution in [-0.4, -0.2) is 58.3 Å². The molecule has 0 radical (unpaired) electrons. The van der Waals surface area contributed by atoms with Crippen molar-refractivity contribution in [2.45, 2.75) is 13.8 Å². The molecular weight excluding hydrogens is 410 g/mol. The molecule has 0 aliphatic carbocycles. The highest BCUT2D eigenvalue weighted by Gasteiger charge is 2.16. The number of carbonyl (C=O) groups excluding carboxylic acids is 1. The van der Waals surface area contributed by atoms with Crippen molar-refractivity contribution in [3.63, 3.8) is 0 Å². The second-order valence-corrected chi connectivity index (χ2v) is 7.41. The Morgan fingerprint density at radius 2 is 1.77 bits per heavy atom. The number of likely N-dealkylation sites (N-methyl/N-ethyl adjacent to an activating group) is 1. The van der Waals surface area contributed by atoms with Crippen molar-refractivity contribution in [1.82, 2.24) is 19.3 Å². The van der Waals surface area contributed by atoms with Crippen molar-refractivity contribution >= 4 is 41.0 Å². The summed E-state index contributed by atoms with van der Waals surface area (Å²) in [5.74, 6) is 0.974. The summed E-state index contributed by atoms with van der Waals surface area (Å²) in [4.78, 5) is 25.6. The molecule has 1 aliphatic rings. The van der Waals surface area contributed by atoms with E-state index < -0.39 is 0 Å². The second-order valence-electron chi connectivity index (χ2n) is 7.01. The average Bonchev–Trinajstić information content (AvgIpc) is 3.22. The minimum Gasteiger partial charge on any atom is -0.355 e. The fraction of sp³-hybridized carbons (Fsp3) is 0.292. The van der Waals surface area contributed by atoms with E-state index in [0.29, 0.717) is 10.7 Å². The number of hydrogen-bond acceptors (Lipinski definition) is 5. The number of halogens is 1. The molecule has 0 unspecified atom stereocenters. The second kappa shape index (κ2) is 10.9. The minimum atomic E-state index is -0.150. The number of hydrogen-bond donors (Lipinski definition) is 0. The Morgan fingerprint density at radius 3 is 2.52 bits per heavy atom. The maximum Gasteiger partial charge on any atom is 0.178 e. The van der Waals surface area contributed by atoms with Crippen LogP contribution in [0.1, 0.15) is 25.2 Å². The van der Waals surface area contributed by atoms with Gasteiger partial charge in [-0.25, -0.2) is 4.98 Å². The monoisotopic (exact) mass is 437 g/mol. The lowest BCUT2D eigenvalue weighted by atomic mass is 10.2. The van der Waals surface area contributed by atoms with Crippen LogP contribution in [0.2, 0.25) is 5.02 Å². The van der Waals surface area contributed by atoms with E-state index in [9.17, 15) is 4.79 Å². The third-order valence-electron chi connectivity index (χ3n) is 4.93. The van der Waals surface area contributed by atoms with Gasteiger partial charge >= 0.3 is 0 Å². The van der Waals surface area contributed by atoms with Gasteiger partial charge in [0.1, 0.15) is 11.5 Å².